The van der Waals surface area contributed by atoms with Crippen LogP contribution in [0.15, 0.2) is 36.4 Å². The van der Waals surface area contributed by atoms with Crippen molar-refractivity contribution in [3.8, 4) is 23.0 Å². The summed E-state index contributed by atoms with van der Waals surface area (Å²) in [6, 6.07) is 11.2. The molecular formula is C19H24O4. The zero-order chi connectivity index (χ0) is 16.7. The van der Waals surface area contributed by atoms with Gasteiger partial charge in [-0.3, -0.25) is 0 Å². The van der Waals surface area contributed by atoms with Gasteiger partial charge in [0.1, 0.15) is 23.0 Å². The predicted octanol–water partition coefficient (Wildman–Crippen LogP) is 3.98. The van der Waals surface area contributed by atoms with Gasteiger partial charge in [-0.05, 0) is 49.4 Å². The molecule has 0 atom stereocenters. The van der Waals surface area contributed by atoms with E-state index in [-0.39, 0.29) is 5.75 Å². The number of benzene rings is 2. The summed E-state index contributed by atoms with van der Waals surface area (Å²) in [4.78, 5) is 0. The monoisotopic (exact) mass is 316 g/mol. The summed E-state index contributed by atoms with van der Waals surface area (Å²) in [5, 5.41) is 9.58. The van der Waals surface area contributed by atoms with Gasteiger partial charge < -0.3 is 19.3 Å². The van der Waals surface area contributed by atoms with Crippen molar-refractivity contribution in [1.82, 2.24) is 0 Å². The van der Waals surface area contributed by atoms with Gasteiger partial charge >= 0.3 is 0 Å². The highest BCUT2D eigenvalue weighted by Gasteiger charge is 2.08. The van der Waals surface area contributed by atoms with E-state index >= 15 is 0 Å². The Balaban J connectivity index is 2.02. The SMILES string of the molecule is CCOc1cc(O)ccc1CCCc1ccc(OC)cc1OC. The third-order valence-corrected chi connectivity index (χ3v) is 3.74. The molecule has 0 bridgehead atoms. The molecule has 2 aromatic rings. The summed E-state index contributed by atoms with van der Waals surface area (Å²) in [6.45, 7) is 2.53. The third-order valence-electron chi connectivity index (χ3n) is 3.74. The molecule has 0 aliphatic rings. The standard InChI is InChI=1S/C19H24O4/c1-4-23-19-12-16(20)10-8-15(19)7-5-6-14-9-11-17(21-2)13-18(14)22-3/h8-13,20H,4-7H2,1-3H3. The van der Waals surface area contributed by atoms with E-state index in [1.807, 2.05) is 31.2 Å². The number of methoxy groups -OCH3 is 2. The van der Waals surface area contributed by atoms with Crippen LogP contribution in [-0.4, -0.2) is 25.9 Å². The molecule has 0 aliphatic carbocycles. The molecule has 0 saturated carbocycles. The predicted molar refractivity (Wildman–Crippen MR) is 90.8 cm³/mol. The molecule has 23 heavy (non-hydrogen) atoms. The van der Waals surface area contributed by atoms with Crippen LogP contribution in [0.1, 0.15) is 24.5 Å². The van der Waals surface area contributed by atoms with Crippen LogP contribution < -0.4 is 14.2 Å². The first-order chi connectivity index (χ1) is 11.2. The van der Waals surface area contributed by atoms with E-state index in [1.165, 1.54) is 0 Å². The molecule has 0 saturated heterocycles. The van der Waals surface area contributed by atoms with Crippen LogP contribution >= 0.6 is 0 Å². The van der Waals surface area contributed by atoms with E-state index in [2.05, 4.69) is 0 Å². The normalized spacial score (nSPS) is 10.4. The van der Waals surface area contributed by atoms with Crippen LogP contribution in [0.5, 0.6) is 23.0 Å². The Hall–Kier alpha value is -2.36. The second kappa shape index (κ2) is 8.32. The lowest BCUT2D eigenvalue weighted by atomic mass is 10.0. The van der Waals surface area contributed by atoms with Gasteiger partial charge in [0.25, 0.3) is 0 Å². The van der Waals surface area contributed by atoms with E-state index < -0.39 is 0 Å². The highest BCUT2D eigenvalue weighted by Crippen LogP contribution is 2.28. The lowest BCUT2D eigenvalue weighted by Crippen LogP contribution is -1.99. The molecule has 0 fully saturated rings. The number of hydrogen-bond acceptors (Lipinski definition) is 4. The number of rotatable bonds is 8. The molecule has 2 rings (SSSR count). The van der Waals surface area contributed by atoms with Crippen LogP contribution in [0.3, 0.4) is 0 Å². The van der Waals surface area contributed by atoms with E-state index in [0.717, 1.165) is 47.6 Å². The van der Waals surface area contributed by atoms with Gasteiger partial charge in [-0.2, -0.15) is 0 Å². The molecule has 0 heterocycles. The summed E-state index contributed by atoms with van der Waals surface area (Å²) < 4.78 is 16.2. The Morgan fingerprint density at radius 1 is 0.870 bits per heavy atom. The van der Waals surface area contributed by atoms with Crippen molar-refractivity contribution in [3.63, 3.8) is 0 Å². The number of phenols is 1. The van der Waals surface area contributed by atoms with Crippen LogP contribution in [0.4, 0.5) is 0 Å². The highest BCUT2D eigenvalue weighted by molar-refractivity contribution is 5.42. The average Bonchev–Trinajstić information content (AvgIpc) is 2.57. The van der Waals surface area contributed by atoms with E-state index in [0.29, 0.717) is 6.61 Å². The fourth-order valence-corrected chi connectivity index (χ4v) is 2.57. The fourth-order valence-electron chi connectivity index (χ4n) is 2.57. The number of hydrogen-bond donors (Lipinski definition) is 1. The molecule has 0 amide bonds. The van der Waals surface area contributed by atoms with Crippen molar-refractivity contribution < 1.29 is 19.3 Å². The van der Waals surface area contributed by atoms with Gasteiger partial charge in [0.2, 0.25) is 0 Å². The van der Waals surface area contributed by atoms with Crippen LogP contribution in [0, 0.1) is 0 Å². The summed E-state index contributed by atoms with van der Waals surface area (Å²) in [7, 11) is 3.32. The van der Waals surface area contributed by atoms with E-state index in [4.69, 9.17) is 14.2 Å². The molecule has 1 N–H and O–H groups in total. The van der Waals surface area contributed by atoms with Gasteiger partial charge in [-0.15, -0.1) is 0 Å². The van der Waals surface area contributed by atoms with Crippen LogP contribution in [0.2, 0.25) is 0 Å². The largest absolute Gasteiger partial charge is 0.508 e. The number of aromatic hydroxyl groups is 1. The van der Waals surface area contributed by atoms with Crippen molar-refractivity contribution in [2.75, 3.05) is 20.8 Å². The van der Waals surface area contributed by atoms with E-state index in [9.17, 15) is 5.11 Å². The van der Waals surface area contributed by atoms with Gasteiger partial charge in [0.15, 0.2) is 0 Å². The second-order valence-corrected chi connectivity index (χ2v) is 5.26. The Labute approximate surface area is 137 Å². The van der Waals surface area contributed by atoms with Gasteiger partial charge in [0, 0.05) is 12.1 Å². The van der Waals surface area contributed by atoms with Gasteiger partial charge in [0.05, 0.1) is 20.8 Å². The summed E-state index contributed by atoms with van der Waals surface area (Å²) in [5.74, 6) is 2.63. The van der Waals surface area contributed by atoms with Crippen LogP contribution in [-0.2, 0) is 12.8 Å². The minimum absolute atomic E-state index is 0.231. The first-order valence-corrected chi connectivity index (χ1v) is 7.83. The molecule has 4 nitrogen and oxygen atoms in total. The van der Waals surface area contributed by atoms with Crippen molar-refractivity contribution >= 4 is 0 Å². The molecule has 0 spiro atoms. The third kappa shape index (κ3) is 4.55. The molecule has 2 aromatic carbocycles. The maximum Gasteiger partial charge on any atom is 0.126 e. The topological polar surface area (TPSA) is 47.9 Å². The molecular weight excluding hydrogens is 292 g/mol. The lowest BCUT2D eigenvalue weighted by Gasteiger charge is -2.12. The average molecular weight is 316 g/mol. The van der Waals surface area contributed by atoms with Crippen molar-refractivity contribution in [2.24, 2.45) is 0 Å². The van der Waals surface area contributed by atoms with Crippen molar-refractivity contribution in [2.45, 2.75) is 26.2 Å². The summed E-state index contributed by atoms with van der Waals surface area (Å²) in [5.41, 5.74) is 2.27. The Morgan fingerprint density at radius 2 is 1.57 bits per heavy atom. The lowest BCUT2D eigenvalue weighted by molar-refractivity contribution is 0.333. The first kappa shape index (κ1) is 17.0. The van der Waals surface area contributed by atoms with Gasteiger partial charge in [-0.25, -0.2) is 0 Å². The Bertz CT molecular complexity index is 637. The minimum atomic E-state index is 0.231. The molecule has 0 aromatic heterocycles. The number of aryl methyl sites for hydroxylation is 2. The molecule has 124 valence electrons. The Morgan fingerprint density at radius 3 is 2.22 bits per heavy atom. The maximum atomic E-state index is 9.58. The fraction of sp³-hybridized carbons (Fsp3) is 0.368. The minimum Gasteiger partial charge on any atom is -0.508 e. The van der Waals surface area contributed by atoms with E-state index in [1.54, 1.807) is 26.4 Å². The number of phenolic OH excluding ortho intramolecular Hbond substituents is 1. The summed E-state index contributed by atoms with van der Waals surface area (Å²) in [6.07, 6.45) is 2.75. The molecule has 4 heteroatoms. The smallest absolute Gasteiger partial charge is 0.126 e. The van der Waals surface area contributed by atoms with Crippen molar-refractivity contribution in [1.29, 1.82) is 0 Å². The molecule has 0 unspecified atom stereocenters. The Kier molecular flexibility index (Phi) is 6.15. The zero-order valence-corrected chi connectivity index (χ0v) is 14.0. The van der Waals surface area contributed by atoms with Crippen LogP contribution in [0.25, 0.3) is 0 Å². The van der Waals surface area contributed by atoms with Gasteiger partial charge in [-0.1, -0.05) is 12.1 Å². The molecule has 0 radical (unpaired) electrons. The quantitative estimate of drug-likeness (QED) is 0.800. The highest BCUT2D eigenvalue weighted by atomic mass is 16.5. The molecule has 0 aliphatic heterocycles. The zero-order valence-electron chi connectivity index (χ0n) is 14.0. The second-order valence-electron chi connectivity index (χ2n) is 5.26. The first-order valence-electron chi connectivity index (χ1n) is 7.83. The maximum absolute atomic E-state index is 9.58. The summed E-state index contributed by atoms with van der Waals surface area (Å²) >= 11 is 0. The van der Waals surface area contributed by atoms with Crippen molar-refractivity contribution in [3.05, 3.63) is 47.5 Å². The number of ether oxygens (including phenoxy) is 3.